The second kappa shape index (κ2) is 8.12. The number of alkyl halides is 3. The fraction of sp³-hybridized carbons (Fsp3) is 0.0769. The first kappa shape index (κ1) is 22.4. The van der Waals surface area contributed by atoms with E-state index < -0.39 is 46.6 Å². The van der Waals surface area contributed by atoms with E-state index in [0.29, 0.717) is 11.0 Å². The highest BCUT2D eigenvalue weighted by molar-refractivity contribution is 6.20. The highest BCUT2D eigenvalue weighted by Gasteiger charge is 2.46. The summed E-state index contributed by atoms with van der Waals surface area (Å²) in [6.07, 6.45) is -4.69. The minimum atomic E-state index is -4.69. The van der Waals surface area contributed by atoms with Gasteiger partial charge in [0, 0.05) is 11.1 Å². The van der Waals surface area contributed by atoms with Crippen LogP contribution in [0.25, 0.3) is 11.0 Å². The molecule has 9 heteroatoms. The number of rotatable bonds is 4. The predicted octanol–water partition coefficient (Wildman–Crippen LogP) is 6.37. The topological polar surface area (TPSA) is 70.8 Å². The standard InChI is InChI=1S/C26H15F4NO4/c27-17-10-8-14(9-11-17)22-21(23(32)20-12-15-4-1-2-7-19(15)35-20)24(33)25(34)31(22)18-6-3-5-16(13-18)26(28,29)30/h1-13,22,33H. The van der Waals surface area contributed by atoms with Crippen LogP contribution in [0.15, 0.2) is 94.6 Å². The number of hydrogen-bond donors (Lipinski definition) is 1. The van der Waals surface area contributed by atoms with Crippen molar-refractivity contribution in [2.75, 3.05) is 4.90 Å². The van der Waals surface area contributed by atoms with Crippen molar-refractivity contribution >= 4 is 28.3 Å². The number of aliphatic hydroxyl groups is 1. The molecule has 1 amide bonds. The van der Waals surface area contributed by atoms with Crippen molar-refractivity contribution < 1.29 is 36.7 Å². The number of carbonyl (C=O) groups excluding carboxylic acids is 2. The van der Waals surface area contributed by atoms with Gasteiger partial charge in [0.05, 0.1) is 17.2 Å². The molecule has 2 heterocycles. The maximum atomic E-state index is 13.6. The van der Waals surface area contributed by atoms with E-state index in [2.05, 4.69) is 0 Å². The summed E-state index contributed by atoms with van der Waals surface area (Å²) in [4.78, 5) is 27.5. The van der Waals surface area contributed by atoms with Gasteiger partial charge in [-0.15, -0.1) is 0 Å². The van der Waals surface area contributed by atoms with E-state index in [4.69, 9.17) is 4.42 Å². The van der Waals surface area contributed by atoms with Crippen molar-refractivity contribution in [2.45, 2.75) is 12.2 Å². The molecule has 0 spiro atoms. The van der Waals surface area contributed by atoms with E-state index in [1.54, 1.807) is 24.3 Å². The number of Topliss-reactive ketones (excluding diaryl/α,β-unsaturated/α-hetero) is 1. The predicted molar refractivity (Wildman–Crippen MR) is 118 cm³/mol. The first-order valence-electron chi connectivity index (χ1n) is 10.4. The quantitative estimate of drug-likeness (QED) is 0.272. The fourth-order valence-electron chi connectivity index (χ4n) is 4.12. The van der Waals surface area contributed by atoms with Gasteiger partial charge in [-0.25, -0.2) is 4.39 Å². The smallest absolute Gasteiger partial charge is 0.416 e. The number of nitrogens with zero attached hydrogens (tertiary/aromatic N) is 1. The summed E-state index contributed by atoms with van der Waals surface area (Å²) in [5.74, 6) is -3.59. The van der Waals surface area contributed by atoms with E-state index in [-0.39, 0.29) is 17.0 Å². The van der Waals surface area contributed by atoms with Gasteiger partial charge in [0.15, 0.2) is 11.5 Å². The fourth-order valence-corrected chi connectivity index (χ4v) is 4.12. The molecule has 1 aliphatic rings. The number of ketones is 1. The molecule has 1 atom stereocenters. The van der Waals surface area contributed by atoms with Gasteiger partial charge >= 0.3 is 6.18 Å². The van der Waals surface area contributed by atoms with Crippen molar-refractivity contribution in [3.8, 4) is 0 Å². The molecule has 1 aromatic heterocycles. The minimum Gasteiger partial charge on any atom is -0.503 e. The van der Waals surface area contributed by atoms with Crippen LogP contribution in [0.1, 0.15) is 27.7 Å². The summed E-state index contributed by atoms with van der Waals surface area (Å²) in [6, 6.07) is 15.6. The van der Waals surface area contributed by atoms with Crippen LogP contribution < -0.4 is 4.90 Å². The average molecular weight is 481 g/mol. The van der Waals surface area contributed by atoms with Crippen LogP contribution in [0.4, 0.5) is 23.2 Å². The van der Waals surface area contributed by atoms with Gasteiger partial charge in [-0.1, -0.05) is 36.4 Å². The van der Waals surface area contributed by atoms with Crippen molar-refractivity contribution in [3.05, 3.63) is 113 Å². The summed E-state index contributed by atoms with van der Waals surface area (Å²) in [5, 5.41) is 11.3. The van der Waals surface area contributed by atoms with Crippen LogP contribution in [0.5, 0.6) is 0 Å². The monoisotopic (exact) mass is 481 g/mol. The Hall–Kier alpha value is -4.40. The molecule has 1 aliphatic heterocycles. The summed E-state index contributed by atoms with van der Waals surface area (Å²) >= 11 is 0. The Morgan fingerprint density at radius 1 is 0.943 bits per heavy atom. The summed E-state index contributed by atoms with van der Waals surface area (Å²) in [7, 11) is 0. The first-order chi connectivity index (χ1) is 16.6. The van der Waals surface area contributed by atoms with E-state index in [9.17, 15) is 32.3 Å². The highest BCUT2D eigenvalue weighted by atomic mass is 19.4. The number of furan rings is 1. The lowest BCUT2D eigenvalue weighted by atomic mass is 9.94. The molecule has 0 fully saturated rings. The first-order valence-corrected chi connectivity index (χ1v) is 10.4. The van der Waals surface area contributed by atoms with Gasteiger partial charge in [0.25, 0.3) is 5.91 Å². The Balaban J connectivity index is 1.66. The molecule has 0 saturated heterocycles. The van der Waals surface area contributed by atoms with Gasteiger partial charge in [-0.3, -0.25) is 14.5 Å². The molecule has 3 aromatic carbocycles. The number of fused-ring (bicyclic) bond motifs is 1. The molecular weight excluding hydrogens is 466 g/mol. The molecule has 176 valence electrons. The highest BCUT2D eigenvalue weighted by Crippen LogP contribution is 2.43. The van der Waals surface area contributed by atoms with Gasteiger partial charge in [-0.05, 0) is 48.0 Å². The van der Waals surface area contributed by atoms with Gasteiger partial charge < -0.3 is 9.52 Å². The number of para-hydroxylation sites is 1. The zero-order valence-corrected chi connectivity index (χ0v) is 17.7. The maximum Gasteiger partial charge on any atom is 0.416 e. The molecule has 0 aliphatic carbocycles. The number of halogens is 4. The Labute approximate surface area is 195 Å². The molecular formula is C26H15F4NO4. The van der Waals surface area contributed by atoms with Gasteiger partial charge in [-0.2, -0.15) is 13.2 Å². The maximum absolute atomic E-state index is 13.6. The Bertz CT molecular complexity index is 1470. The number of carbonyl (C=O) groups is 2. The van der Waals surface area contributed by atoms with Crippen molar-refractivity contribution in [3.63, 3.8) is 0 Å². The zero-order valence-electron chi connectivity index (χ0n) is 17.7. The second-order valence-corrected chi connectivity index (χ2v) is 7.92. The van der Waals surface area contributed by atoms with Crippen molar-refractivity contribution in [1.29, 1.82) is 0 Å². The summed E-state index contributed by atoms with van der Waals surface area (Å²) in [5.41, 5.74) is -0.998. The normalized spacial score (nSPS) is 16.4. The average Bonchev–Trinajstić information content (AvgIpc) is 3.38. The SMILES string of the molecule is O=C(C1=C(O)C(=O)N(c2cccc(C(F)(F)F)c2)C1c1ccc(F)cc1)c1cc2ccccc2o1. The van der Waals surface area contributed by atoms with Crippen LogP contribution >= 0.6 is 0 Å². The van der Waals surface area contributed by atoms with Crippen LogP contribution in [-0.2, 0) is 11.0 Å². The lowest BCUT2D eigenvalue weighted by molar-refractivity contribution is -0.137. The van der Waals surface area contributed by atoms with Crippen LogP contribution in [0.2, 0.25) is 0 Å². The lowest BCUT2D eigenvalue weighted by Gasteiger charge is -2.27. The van der Waals surface area contributed by atoms with E-state index in [0.717, 1.165) is 35.2 Å². The van der Waals surface area contributed by atoms with Gasteiger partial charge in [0.1, 0.15) is 11.4 Å². The van der Waals surface area contributed by atoms with Crippen LogP contribution in [0, 0.1) is 5.82 Å². The van der Waals surface area contributed by atoms with E-state index in [1.165, 1.54) is 24.3 Å². The molecule has 35 heavy (non-hydrogen) atoms. The molecule has 1 unspecified atom stereocenters. The second-order valence-electron chi connectivity index (χ2n) is 7.92. The van der Waals surface area contributed by atoms with Crippen LogP contribution in [-0.4, -0.2) is 16.8 Å². The van der Waals surface area contributed by atoms with E-state index >= 15 is 0 Å². The zero-order chi connectivity index (χ0) is 24.9. The number of hydrogen-bond acceptors (Lipinski definition) is 4. The van der Waals surface area contributed by atoms with E-state index in [1.807, 2.05) is 0 Å². The minimum absolute atomic E-state index is 0.168. The third-order valence-corrected chi connectivity index (χ3v) is 5.74. The third kappa shape index (κ3) is 3.84. The number of anilines is 1. The molecule has 0 radical (unpaired) electrons. The van der Waals surface area contributed by atoms with Gasteiger partial charge in [0.2, 0.25) is 5.78 Å². The van der Waals surface area contributed by atoms with Crippen LogP contribution in [0.3, 0.4) is 0 Å². The number of amides is 1. The van der Waals surface area contributed by atoms with Crippen molar-refractivity contribution in [2.24, 2.45) is 0 Å². The van der Waals surface area contributed by atoms with Crippen molar-refractivity contribution in [1.82, 2.24) is 0 Å². The molecule has 4 aromatic rings. The molecule has 5 nitrogen and oxygen atoms in total. The molecule has 0 saturated carbocycles. The number of benzene rings is 3. The Morgan fingerprint density at radius 2 is 1.66 bits per heavy atom. The Kier molecular flexibility index (Phi) is 5.20. The molecule has 1 N–H and O–H groups in total. The summed E-state index contributed by atoms with van der Waals surface area (Å²) < 4.78 is 59.3. The lowest BCUT2D eigenvalue weighted by Crippen LogP contribution is -2.31. The summed E-state index contributed by atoms with van der Waals surface area (Å²) in [6.45, 7) is 0. The molecule has 0 bridgehead atoms. The molecule has 5 rings (SSSR count). The largest absolute Gasteiger partial charge is 0.503 e. The third-order valence-electron chi connectivity index (χ3n) is 5.74. The number of aliphatic hydroxyl groups excluding tert-OH is 1. The Morgan fingerprint density at radius 3 is 2.34 bits per heavy atom.